The molecule has 21 heavy (non-hydrogen) atoms. The largest absolute Gasteiger partial charge is 0.489 e. The maximum atomic E-state index is 10.9. The standard InChI is InChI=1S/C15H15ClN2O3/c1-10-11(3-2-4-14(10)18(19)20)9-21-15-6-5-13(16)7-12(15)8-17/h2-7H,8-9,17H2,1H3. The van der Waals surface area contributed by atoms with Gasteiger partial charge in [0.15, 0.2) is 0 Å². The fourth-order valence-electron chi connectivity index (χ4n) is 2.03. The molecule has 0 aliphatic carbocycles. The van der Waals surface area contributed by atoms with Crippen LogP contribution >= 0.6 is 11.6 Å². The summed E-state index contributed by atoms with van der Waals surface area (Å²) in [7, 11) is 0. The van der Waals surface area contributed by atoms with Crippen LogP contribution in [0.3, 0.4) is 0 Å². The zero-order chi connectivity index (χ0) is 15.4. The lowest BCUT2D eigenvalue weighted by molar-refractivity contribution is -0.385. The number of halogens is 1. The molecule has 0 aliphatic rings. The molecular weight excluding hydrogens is 292 g/mol. The molecular formula is C15H15ClN2O3. The molecule has 2 aromatic rings. The van der Waals surface area contributed by atoms with Gasteiger partial charge in [0.1, 0.15) is 12.4 Å². The second kappa shape index (κ2) is 6.56. The number of benzene rings is 2. The van der Waals surface area contributed by atoms with E-state index >= 15 is 0 Å². The molecule has 6 heteroatoms. The molecule has 2 N–H and O–H groups in total. The molecule has 0 aliphatic heterocycles. The zero-order valence-electron chi connectivity index (χ0n) is 11.5. The summed E-state index contributed by atoms with van der Waals surface area (Å²) in [5.41, 5.74) is 7.91. The number of hydrogen-bond acceptors (Lipinski definition) is 4. The molecule has 0 radical (unpaired) electrons. The van der Waals surface area contributed by atoms with Crippen molar-refractivity contribution in [2.75, 3.05) is 0 Å². The Morgan fingerprint density at radius 2 is 2.05 bits per heavy atom. The van der Waals surface area contributed by atoms with Crippen molar-refractivity contribution in [3.63, 3.8) is 0 Å². The average molecular weight is 307 g/mol. The summed E-state index contributed by atoms with van der Waals surface area (Å²) in [6, 6.07) is 10.1. The van der Waals surface area contributed by atoms with Crippen molar-refractivity contribution >= 4 is 17.3 Å². The van der Waals surface area contributed by atoms with Crippen molar-refractivity contribution in [3.05, 3.63) is 68.2 Å². The fraction of sp³-hybridized carbons (Fsp3) is 0.200. The highest BCUT2D eigenvalue weighted by Gasteiger charge is 2.13. The zero-order valence-corrected chi connectivity index (χ0v) is 12.3. The van der Waals surface area contributed by atoms with E-state index in [1.807, 2.05) is 0 Å². The van der Waals surface area contributed by atoms with Crippen molar-refractivity contribution in [3.8, 4) is 5.75 Å². The van der Waals surface area contributed by atoms with Gasteiger partial charge in [-0.1, -0.05) is 23.7 Å². The molecule has 2 rings (SSSR count). The molecule has 110 valence electrons. The van der Waals surface area contributed by atoms with Gasteiger partial charge < -0.3 is 10.5 Å². The van der Waals surface area contributed by atoms with Crippen LogP contribution in [0.2, 0.25) is 5.02 Å². The van der Waals surface area contributed by atoms with E-state index in [4.69, 9.17) is 22.1 Å². The quantitative estimate of drug-likeness (QED) is 0.676. The van der Waals surface area contributed by atoms with Crippen LogP contribution < -0.4 is 10.5 Å². The van der Waals surface area contributed by atoms with E-state index < -0.39 is 4.92 Å². The first-order valence-electron chi connectivity index (χ1n) is 6.37. The first-order valence-corrected chi connectivity index (χ1v) is 6.75. The molecule has 0 heterocycles. The highest BCUT2D eigenvalue weighted by atomic mass is 35.5. The van der Waals surface area contributed by atoms with Crippen LogP contribution in [-0.4, -0.2) is 4.92 Å². The molecule has 0 fully saturated rings. The predicted octanol–water partition coefficient (Wildman–Crippen LogP) is 3.59. The molecule has 0 bridgehead atoms. The summed E-state index contributed by atoms with van der Waals surface area (Å²) in [6.07, 6.45) is 0. The lowest BCUT2D eigenvalue weighted by Gasteiger charge is -2.12. The van der Waals surface area contributed by atoms with E-state index in [0.717, 1.165) is 11.1 Å². The van der Waals surface area contributed by atoms with Crippen molar-refractivity contribution in [2.24, 2.45) is 5.73 Å². The minimum absolute atomic E-state index is 0.0891. The summed E-state index contributed by atoms with van der Waals surface area (Å²) in [5.74, 6) is 0.632. The number of rotatable bonds is 5. The third-order valence-corrected chi connectivity index (χ3v) is 3.47. The van der Waals surface area contributed by atoms with Gasteiger partial charge >= 0.3 is 0 Å². The first kappa shape index (κ1) is 15.3. The third-order valence-electron chi connectivity index (χ3n) is 3.24. The summed E-state index contributed by atoms with van der Waals surface area (Å²) in [5, 5.41) is 11.5. The van der Waals surface area contributed by atoms with E-state index in [1.165, 1.54) is 6.07 Å². The second-order valence-corrected chi connectivity index (χ2v) is 5.00. The van der Waals surface area contributed by atoms with Gasteiger partial charge in [-0.25, -0.2) is 0 Å². The Morgan fingerprint density at radius 3 is 2.71 bits per heavy atom. The third kappa shape index (κ3) is 3.51. The van der Waals surface area contributed by atoms with Gasteiger partial charge in [-0.05, 0) is 30.7 Å². The Kier molecular flexibility index (Phi) is 4.77. The number of ether oxygens (including phenoxy) is 1. The Balaban J connectivity index is 2.21. The summed E-state index contributed by atoms with van der Waals surface area (Å²) in [6.45, 7) is 2.26. The van der Waals surface area contributed by atoms with Gasteiger partial charge in [-0.2, -0.15) is 0 Å². The smallest absolute Gasteiger partial charge is 0.272 e. The van der Waals surface area contributed by atoms with Crippen LogP contribution in [0.15, 0.2) is 36.4 Å². The molecule has 0 saturated carbocycles. The second-order valence-electron chi connectivity index (χ2n) is 4.56. The van der Waals surface area contributed by atoms with Crippen LogP contribution in [-0.2, 0) is 13.2 Å². The monoisotopic (exact) mass is 306 g/mol. The maximum Gasteiger partial charge on any atom is 0.272 e. The van der Waals surface area contributed by atoms with Crippen molar-refractivity contribution in [2.45, 2.75) is 20.1 Å². The normalized spacial score (nSPS) is 10.4. The van der Waals surface area contributed by atoms with E-state index in [1.54, 1.807) is 37.3 Å². The minimum atomic E-state index is -0.396. The van der Waals surface area contributed by atoms with E-state index in [-0.39, 0.29) is 12.3 Å². The van der Waals surface area contributed by atoms with Gasteiger partial charge in [0, 0.05) is 28.8 Å². The predicted molar refractivity (Wildman–Crippen MR) is 81.5 cm³/mol. The van der Waals surface area contributed by atoms with Crippen LogP contribution in [0.4, 0.5) is 5.69 Å². The number of nitrogens with zero attached hydrogens (tertiary/aromatic N) is 1. The lowest BCUT2D eigenvalue weighted by atomic mass is 10.1. The summed E-state index contributed by atoms with van der Waals surface area (Å²) >= 11 is 5.91. The lowest BCUT2D eigenvalue weighted by Crippen LogP contribution is -2.04. The number of nitrogens with two attached hydrogens (primary N) is 1. The van der Waals surface area contributed by atoms with Gasteiger partial charge in [0.25, 0.3) is 5.69 Å². The Morgan fingerprint density at radius 1 is 1.29 bits per heavy atom. The fourth-order valence-corrected chi connectivity index (χ4v) is 2.22. The first-order chi connectivity index (χ1) is 10.0. The Hall–Kier alpha value is -2.11. The van der Waals surface area contributed by atoms with Gasteiger partial charge in [0.2, 0.25) is 0 Å². The maximum absolute atomic E-state index is 10.9. The van der Waals surface area contributed by atoms with Gasteiger partial charge in [-0.15, -0.1) is 0 Å². The van der Waals surface area contributed by atoms with Crippen LogP contribution in [0.5, 0.6) is 5.75 Å². The molecule has 0 spiro atoms. The average Bonchev–Trinajstić information content (AvgIpc) is 2.46. The molecule has 0 amide bonds. The summed E-state index contributed by atoms with van der Waals surface area (Å²) < 4.78 is 5.72. The highest BCUT2D eigenvalue weighted by molar-refractivity contribution is 6.30. The minimum Gasteiger partial charge on any atom is -0.489 e. The molecule has 0 unspecified atom stereocenters. The molecule has 0 aromatic heterocycles. The van der Waals surface area contributed by atoms with Crippen molar-refractivity contribution in [1.29, 1.82) is 0 Å². The Bertz CT molecular complexity index is 674. The highest BCUT2D eigenvalue weighted by Crippen LogP contribution is 2.26. The topological polar surface area (TPSA) is 78.4 Å². The SMILES string of the molecule is Cc1c(COc2ccc(Cl)cc2CN)cccc1[N+](=O)[O-]. The van der Waals surface area contributed by atoms with Gasteiger partial charge in [-0.3, -0.25) is 10.1 Å². The number of nitro benzene ring substituents is 1. The van der Waals surface area contributed by atoms with Crippen molar-refractivity contribution < 1.29 is 9.66 Å². The van der Waals surface area contributed by atoms with Crippen LogP contribution in [0.1, 0.15) is 16.7 Å². The molecule has 0 atom stereocenters. The van der Waals surface area contributed by atoms with E-state index in [2.05, 4.69) is 0 Å². The number of nitro groups is 1. The van der Waals surface area contributed by atoms with Crippen molar-refractivity contribution in [1.82, 2.24) is 0 Å². The van der Waals surface area contributed by atoms with E-state index in [0.29, 0.717) is 22.9 Å². The molecule has 5 nitrogen and oxygen atoms in total. The molecule has 2 aromatic carbocycles. The van der Waals surface area contributed by atoms with Crippen LogP contribution in [0, 0.1) is 17.0 Å². The number of hydrogen-bond donors (Lipinski definition) is 1. The summed E-state index contributed by atoms with van der Waals surface area (Å²) in [4.78, 5) is 10.5. The van der Waals surface area contributed by atoms with Gasteiger partial charge in [0.05, 0.1) is 4.92 Å². The van der Waals surface area contributed by atoms with Crippen LogP contribution in [0.25, 0.3) is 0 Å². The van der Waals surface area contributed by atoms with E-state index in [9.17, 15) is 10.1 Å². The Labute approximate surface area is 127 Å². The molecule has 0 saturated heterocycles.